The molecule has 1 heterocycles. The first-order chi connectivity index (χ1) is 10.8. The number of para-hydroxylation sites is 1. The van der Waals surface area contributed by atoms with E-state index in [0.29, 0.717) is 13.2 Å². The van der Waals surface area contributed by atoms with Gasteiger partial charge in [0.15, 0.2) is 0 Å². The summed E-state index contributed by atoms with van der Waals surface area (Å²) < 4.78 is 5.12. The Balaban J connectivity index is 1.93. The lowest BCUT2D eigenvalue weighted by molar-refractivity contribution is 0.0660. The predicted octanol–water partition coefficient (Wildman–Crippen LogP) is 3.29. The zero-order valence-electron chi connectivity index (χ0n) is 12.7. The highest BCUT2D eigenvalue weighted by Gasteiger charge is 2.32. The Bertz CT molecular complexity index is 643. The van der Waals surface area contributed by atoms with Crippen LogP contribution in [-0.4, -0.2) is 31.1 Å². The molecule has 0 saturated heterocycles. The Kier molecular flexibility index (Phi) is 4.39. The van der Waals surface area contributed by atoms with Crippen LogP contribution in [0.1, 0.15) is 28.5 Å². The van der Waals surface area contributed by atoms with Crippen LogP contribution < -0.4 is 5.32 Å². The summed E-state index contributed by atoms with van der Waals surface area (Å²) >= 11 is 0. The van der Waals surface area contributed by atoms with Gasteiger partial charge in [0.05, 0.1) is 5.56 Å². The van der Waals surface area contributed by atoms with Crippen molar-refractivity contribution in [2.24, 2.45) is 0 Å². The minimum Gasteiger partial charge on any atom is -0.385 e. The van der Waals surface area contributed by atoms with E-state index in [1.807, 2.05) is 59.5 Å². The van der Waals surface area contributed by atoms with Crippen molar-refractivity contribution in [2.45, 2.75) is 12.6 Å². The molecule has 4 nitrogen and oxygen atoms in total. The number of hydrogen-bond donors (Lipinski definition) is 1. The molecule has 4 heteroatoms. The highest BCUT2D eigenvalue weighted by atomic mass is 16.5. The van der Waals surface area contributed by atoms with Crippen LogP contribution in [0.25, 0.3) is 0 Å². The third-order valence-corrected chi connectivity index (χ3v) is 3.89. The van der Waals surface area contributed by atoms with Crippen molar-refractivity contribution in [3.05, 3.63) is 65.7 Å². The van der Waals surface area contributed by atoms with Crippen LogP contribution in [0.4, 0.5) is 5.69 Å². The second-order valence-corrected chi connectivity index (χ2v) is 5.35. The fraction of sp³-hybridized carbons (Fsp3) is 0.278. The quantitative estimate of drug-likeness (QED) is 0.861. The first kappa shape index (κ1) is 14.6. The first-order valence-corrected chi connectivity index (χ1v) is 7.51. The van der Waals surface area contributed by atoms with Gasteiger partial charge in [0.25, 0.3) is 5.91 Å². The van der Waals surface area contributed by atoms with Crippen molar-refractivity contribution in [3.63, 3.8) is 0 Å². The molecule has 114 valence electrons. The van der Waals surface area contributed by atoms with Crippen LogP contribution in [0.3, 0.4) is 0 Å². The molecule has 2 aromatic carbocycles. The Morgan fingerprint density at radius 1 is 1.09 bits per heavy atom. The third kappa shape index (κ3) is 2.83. The SMILES string of the molecule is COCCCN1C(=O)c2ccccc2N[C@@H]1c1ccccc1. The zero-order chi connectivity index (χ0) is 15.4. The van der Waals surface area contributed by atoms with E-state index in [4.69, 9.17) is 4.74 Å². The molecule has 3 rings (SSSR count). The van der Waals surface area contributed by atoms with Gasteiger partial charge < -0.3 is 15.0 Å². The maximum absolute atomic E-state index is 12.8. The molecule has 0 bridgehead atoms. The van der Waals surface area contributed by atoms with E-state index in [-0.39, 0.29) is 12.1 Å². The van der Waals surface area contributed by atoms with Crippen molar-refractivity contribution in [3.8, 4) is 0 Å². The summed E-state index contributed by atoms with van der Waals surface area (Å²) in [7, 11) is 1.68. The monoisotopic (exact) mass is 296 g/mol. The van der Waals surface area contributed by atoms with Gasteiger partial charge in [-0.3, -0.25) is 4.79 Å². The molecule has 1 amide bonds. The number of nitrogens with one attached hydrogen (secondary N) is 1. The summed E-state index contributed by atoms with van der Waals surface area (Å²) in [6.45, 7) is 1.31. The molecule has 0 unspecified atom stereocenters. The van der Waals surface area contributed by atoms with Crippen LogP contribution in [0.2, 0.25) is 0 Å². The van der Waals surface area contributed by atoms with Crippen LogP contribution in [0.5, 0.6) is 0 Å². The van der Waals surface area contributed by atoms with Gasteiger partial charge in [0, 0.05) is 25.9 Å². The van der Waals surface area contributed by atoms with Gasteiger partial charge in [-0.2, -0.15) is 0 Å². The van der Waals surface area contributed by atoms with Crippen LogP contribution in [-0.2, 0) is 4.74 Å². The van der Waals surface area contributed by atoms with E-state index >= 15 is 0 Å². The largest absolute Gasteiger partial charge is 0.385 e. The number of nitrogens with zero attached hydrogens (tertiary/aromatic N) is 1. The molecule has 1 atom stereocenters. The Labute approximate surface area is 130 Å². The molecular formula is C18H20N2O2. The molecule has 22 heavy (non-hydrogen) atoms. The van der Waals surface area contributed by atoms with Gasteiger partial charge in [-0.15, -0.1) is 0 Å². The van der Waals surface area contributed by atoms with Gasteiger partial charge in [-0.05, 0) is 24.1 Å². The van der Waals surface area contributed by atoms with Crippen molar-refractivity contribution in [2.75, 3.05) is 25.6 Å². The summed E-state index contributed by atoms with van der Waals surface area (Å²) in [5.41, 5.74) is 2.71. The van der Waals surface area contributed by atoms with E-state index in [9.17, 15) is 4.79 Å². The molecule has 1 aliphatic heterocycles. The minimum atomic E-state index is -0.138. The zero-order valence-corrected chi connectivity index (χ0v) is 12.7. The molecule has 0 spiro atoms. The average Bonchev–Trinajstić information content (AvgIpc) is 2.57. The van der Waals surface area contributed by atoms with E-state index in [1.54, 1.807) is 7.11 Å². The molecule has 0 fully saturated rings. The molecule has 0 aromatic heterocycles. The lowest BCUT2D eigenvalue weighted by Crippen LogP contribution is -2.43. The summed E-state index contributed by atoms with van der Waals surface area (Å²) in [6, 6.07) is 17.7. The van der Waals surface area contributed by atoms with Crippen molar-refractivity contribution >= 4 is 11.6 Å². The second kappa shape index (κ2) is 6.62. The maximum Gasteiger partial charge on any atom is 0.257 e. The number of benzene rings is 2. The topological polar surface area (TPSA) is 41.6 Å². The van der Waals surface area contributed by atoms with Crippen LogP contribution >= 0.6 is 0 Å². The van der Waals surface area contributed by atoms with E-state index in [2.05, 4.69) is 5.32 Å². The number of amides is 1. The van der Waals surface area contributed by atoms with Gasteiger partial charge in [-0.1, -0.05) is 42.5 Å². The van der Waals surface area contributed by atoms with Gasteiger partial charge in [-0.25, -0.2) is 0 Å². The minimum absolute atomic E-state index is 0.0688. The van der Waals surface area contributed by atoms with Gasteiger partial charge in [0.2, 0.25) is 0 Å². The number of rotatable bonds is 5. The normalized spacial score (nSPS) is 17.0. The summed E-state index contributed by atoms with van der Waals surface area (Å²) in [6.07, 6.45) is 0.676. The third-order valence-electron chi connectivity index (χ3n) is 3.89. The number of hydrogen-bond acceptors (Lipinski definition) is 3. The van der Waals surface area contributed by atoms with Crippen molar-refractivity contribution in [1.29, 1.82) is 0 Å². The van der Waals surface area contributed by atoms with Crippen LogP contribution in [0, 0.1) is 0 Å². The molecule has 0 saturated carbocycles. The van der Waals surface area contributed by atoms with Crippen molar-refractivity contribution in [1.82, 2.24) is 4.90 Å². The highest BCUT2D eigenvalue weighted by molar-refractivity contribution is 6.01. The number of carbonyl (C=O) groups excluding carboxylic acids is 1. The van der Waals surface area contributed by atoms with Crippen LogP contribution in [0.15, 0.2) is 54.6 Å². The molecule has 2 aromatic rings. The number of methoxy groups -OCH3 is 1. The van der Waals surface area contributed by atoms with E-state index < -0.39 is 0 Å². The first-order valence-electron chi connectivity index (χ1n) is 7.51. The number of fused-ring (bicyclic) bond motifs is 1. The Morgan fingerprint density at radius 3 is 2.59 bits per heavy atom. The Hall–Kier alpha value is -2.33. The molecule has 0 aliphatic carbocycles. The molecule has 0 radical (unpaired) electrons. The lowest BCUT2D eigenvalue weighted by atomic mass is 10.0. The van der Waals surface area contributed by atoms with Gasteiger partial charge in [0.1, 0.15) is 6.17 Å². The number of carbonyl (C=O) groups is 1. The van der Waals surface area contributed by atoms with E-state index in [1.165, 1.54) is 0 Å². The fourth-order valence-electron chi connectivity index (χ4n) is 2.80. The Morgan fingerprint density at radius 2 is 1.82 bits per heavy atom. The fourth-order valence-corrected chi connectivity index (χ4v) is 2.80. The number of anilines is 1. The lowest BCUT2D eigenvalue weighted by Gasteiger charge is -2.38. The summed E-state index contributed by atoms with van der Waals surface area (Å²) in [5, 5.41) is 3.48. The smallest absolute Gasteiger partial charge is 0.257 e. The van der Waals surface area contributed by atoms with E-state index in [0.717, 1.165) is 23.2 Å². The molecule has 1 aliphatic rings. The molecular weight excluding hydrogens is 276 g/mol. The maximum atomic E-state index is 12.8. The summed E-state index contributed by atoms with van der Waals surface area (Å²) in [4.78, 5) is 14.7. The predicted molar refractivity (Wildman–Crippen MR) is 86.8 cm³/mol. The molecule has 1 N–H and O–H groups in total. The number of ether oxygens (including phenoxy) is 1. The average molecular weight is 296 g/mol. The standard InChI is InChI=1S/C18H20N2O2/c1-22-13-7-12-20-17(14-8-3-2-4-9-14)19-16-11-6-5-10-15(16)18(20)21/h2-6,8-11,17,19H,7,12-13H2,1H3/t17-/m0/s1. The second-order valence-electron chi connectivity index (χ2n) is 5.35. The summed E-state index contributed by atoms with van der Waals surface area (Å²) in [5.74, 6) is 0.0688. The van der Waals surface area contributed by atoms with Crippen molar-refractivity contribution < 1.29 is 9.53 Å². The van der Waals surface area contributed by atoms with Gasteiger partial charge >= 0.3 is 0 Å². The highest BCUT2D eigenvalue weighted by Crippen LogP contribution is 2.32.